The Morgan fingerprint density at radius 1 is 1.29 bits per heavy atom. The molecule has 5 nitrogen and oxygen atoms in total. The quantitative estimate of drug-likeness (QED) is 0.750. The molecule has 1 amide bonds. The Balaban J connectivity index is 1.64. The standard InChI is InChI=1S/C23H29NO4/c1-14-17-7-6-16(27-5)8-19(17)28-21(26)18(14)9-20(25)24-13-23(4)11-15(24)10-22(2,3)12-23/h6-8,15H,9-13H2,1-5H3. The number of amides is 1. The monoisotopic (exact) mass is 383 g/mol. The Bertz CT molecular complexity index is 1010. The Labute approximate surface area is 165 Å². The van der Waals surface area contributed by atoms with Gasteiger partial charge in [-0.15, -0.1) is 0 Å². The van der Waals surface area contributed by atoms with Crippen LogP contribution in [0.3, 0.4) is 0 Å². The molecule has 2 aromatic rings. The van der Waals surface area contributed by atoms with Crippen LogP contribution in [0, 0.1) is 17.8 Å². The van der Waals surface area contributed by atoms with Gasteiger partial charge < -0.3 is 14.1 Å². The third kappa shape index (κ3) is 3.21. The average Bonchev–Trinajstić information content (AvgIpc) is 2.86. The predicted molar refractivity (Wildman–Crippen MR) is 109 cm³/mol. The number of methoxy groups -OCH3 is 1. The number of benzene rings is 1. The zero-order valence-corrected chi connectivity index (χ0v) is 17.4. The molecule has 1 saturated carbocycles. The largest absolute Gasteiger partial charge is 0.497 e. The summed E-state index contributed by atoms with van der Waals surface area (Å²) in [5.74, 6) is 0.675. The Kier molecular flexibility index (Phi) is 4.32. The van der Waals surface area contributed by atoms with Crippen LogP contribution in [-0.4, -0.2) is 30.5 Å². The van der Waals surface area contributed by atoms with Gasteiger partial charge in [-0.1, -0.05) is 20.8 Å². The maximum absolute atomic E-state index is 13.2. The molecule has 1 aliphatic carbocycles. The van der Waals surface area contributed by atoms with Crippen molar-refractivity contribution < 1.29 is 13.9 Å². The number of fused-ring (bicyclic) bond motifs is 3. The van der Waals surface area contributed by atoms with Crippen LogP contribution in [0.15, 0.2) is 27.4 Å². The van der Waals surface area contributed by atoms with E-state index in [9.17, 15) is 9.59 Å². The van der Waals surface area contributed by atoms with Gasteiger partial charge in [0.05, 0.1) is 19.1 Å². The topological polar surface area (TPSA) is 59.8 Å². The second-order valence-corrected chi connectivity index (χ2v) is 9.77. The van der Waals surface area contributed by atoms with E-state index in [2.05, 4.69) is 20.8 Å². The van der Waals surface area contributed by atoms with Crippen molar-refractivity contribution in [1.29, 1.82) is 0 Å². The van der Waals surface area contributed by atoms with E-state index in [1.165, 1.54) is 0 Å². The molecule has 0 spiro atoms. The molecular weight excluding hydrogens is 354 g/mol. The van der Waals surface area contributed by atoms with Crippen molar-refractivity contribution in [3.05, 3.63) is 39.7 Å². The van der Waals surface area contributed by atoms with Crippen LogP contribution < -0.4 is 10.4 Å². The van der Waals surface area contributed by atoms with Crippen molar-refractivity contribution in [3.8, 4) is 5.75 Å². The first-order valence-electron chi connectivity index (χ1n) is 10.0. The molecule has 1 aromatic heterocycles. The third-order valence-corrected chi connectivity index (χ3v) is 6.56. The number of ether oxygens (including phenoxy) is 1. The third-order valence-electron chi connectivity index (χ3n) is 6.56. The fourth-order valence-corrected chi connectivity index (χ4v) is 5.71. The summed E-state index contributed by atoms with van der Waals surface area (Å²) in [5.41, 5.74) is 1.78. The number of carbonyl (C=O) groups excluding carboxylic acids is 1. The van der Waals surface area contributed by atoms with Gasteiger partial charge in [0.25, 0.3) is 0 Å². The second kappa shape index (κ2) is 6.36. The molecule has 2 fully saturated rings. The zero-order chi connectivity index (χ0) is 20.3. The summed E-state index contributed by atoms with van der Waals surface area (Å²) in [4.78, 5) is 27.8. The van der Waals surface area contributed by atoms with Crippen molar-refractivity contribution in [1.82, 2.24) is 4.90 Å². The van der Waals surface area contributed by atoms with E-state index in [0.29, 0.717) is 16.9 Å². The highest BCUT2D eigenvalue weighted by atomic mass is 16.5. The minimum Gasteiger partial charge on any atom is -0.497 e. The molecule has 2 heterocycles. The maximum atomic E-state index is 13.2. The molecular formula is C23H29NO4. The average molecular weight is 383 g/mol. The molecule has 2 aliphatic rings. The first-order chi connectivity index (χ1) is 13.1. The fraction of sp³-hybridized carbons (Fsp3) is 0.565. The van der Waals surface area contributed by atoms with E-state index in [-0.39, 0.29) is 29.2 Å². The lowest BCUT2D eigenvalue weighted by molar-refractivity contribution is -0.131. The van der Waals surface area contributed by atoms with Gasteiger partial charge in [-0.2, -0.15) is 0 Å². The molecule has 0 N–H and O–H groups in total. The number of aryl methyl sites for hydroxylation is 1. The summed E-state index contributed by atoms with van der Waals surface area (Å²) in [6.07, 6.45) is 3.33. The Morgan fingerprint density at radius 3 is 2.75 bits per heavy atom. The van der Waals surface area contributed by atoms with E-state index in [1.54, 1.807) is 13.2 Å². The van der Waals surface area contributed by atoms with Crippen molar-refractivity contribution in [3.63, 3.8) is 0 Å². The second-order valence-electron chi connectivity index (χ2n) is 9.77. The molecule has 4 rings (SSSR count). The molecule has 2 atom stereocenters. The lowest BCUT2D eigenvalue weighted by Gasteiger charge is -2.39. The van der Waals surface area contributed by atoms with Crippen LogP contribution in [0.5, 0.6) is 5.75 Å². The summed E-state index contributed by atoms with van der Waals surface area (Å²) in [5, 5.41) is 0.844. The molecule has 1 aromatic carbocycles. The summed E-state index contributed by atoms with van der Waals surface area (Å²) in [6, 6.07) is 5.71. The van der Waals surface area contributed by atoms with Gasteiger partial charge in [0.15, 0.2) is 0 Å². The molecule has 2 bridgehead atoms. The first-order valence-corrected chi connectivity index (χ1v) is 10.0. The predicted octanol–water partition coefficient (Wildman–Crippen LogP) is 4.08. The summed E-state index contributed by atoms with van der Waals surface area (Å²) in [6.45, 7) is 9.55. The van der Waals surface area contributed by atoms with Crippen LogP contribution in [0.4, 0.5) is 0 Å². The van der Waals surface area contributed by atoms with Gasteiger partial charge in [0.1, 0.15) is 11.3 Å². The van der Waals surface area contributed by atoms with Crippen LogP contribution in [-0.2, 0) is 11.2 Å². The minimum atomic E-state index is -0.430. The van der Waals surface area contributed by atoms with Crippen molar-refractivity contribution in [2.75, 3.05) is 13.7 Å². The highest BCUT2D eigenvalue weighted by molar-refractivity contribution is 5.85. The van der Waals surface area contributed by atoms with Gasteiger partial charge in [0, 0.05) is 24.0 Å². The van der Waals surface area contributed by atoms with Gasteiger partial charge in [0.2, 0.25) is 5.91 Å². The molecule has 2 unspecified atom stereocenters. The van der Waals surface area contributed by atoms with Gasteiger partial charge in [-0.05, 0) is 54.7 Å². The smallest absolute Gasteiger partial charge is 0.340 e. The van der Waals surface area contributed by atoms with E-state index in [4.69, 9.17) is 9.15 Å². The van der Waals surface area contributed by atoms with Crippen LogP contribution >= 0.6 is 0 Å². The molecule has 5 heteroatoms. The number of hydrogen-bond donors (Lipinski definition) is 0. The molecule has 28 heavy (non-hydrogen) atoms. The van der Waals surface area contributed by atoms with Crippen LogP contribution in [0.25, 0.3) is 11.0 Å². The fourth-order valence-electron chi connectivity index (χ4n) is 5.71. The number of hydrogen-bond acceptors (Lipinski definition) is 4. The summed E-state index contributed by atoms with van der Waals surface area (Å²) in [7, 11) is 1.58. The van der Waals surface area contributed by atoms with Crippen molar-refractivity contribution in [2.24, 2.45) is 10.8 Å². The first kappa shape index (κ1) is 19.0. The molecule has 0 radical (unpaired) electrons. The highest BCUT2D eigenvalue weighted by Crippen LogP contribution is 2.52. The Hall–Kier alpha value is -2.30. The molecule has 150 valence electrons. The van der Waals surface area contributed by atoms with Crippen molar-refractivity contribution >= 4 is 16.9 Å². The van der Waals surface area contributed by atoms with Crippen LogP contribution in [0.2, 0.25) is 0 Å². The minimum absolute atomic E-state index is 0.0367. The van der Waals surface area contributed by atoms with Gasteiger partial charge >= 0.3 is 5.63 Å². The number of rotatable bonds is 3. The maximum Gasteiger partial charge on any atom is 0.340 e. The lowest BCUT2D eigenvalue weighted by Crippen LogP contribution is -2.39. The number of nitrogens with zero attached hydrogens (tertiary/aromatic N) is 1. The molecule has 1 aliphatic heterocycles. The lowest BCUT2D eigenvalue weighted by atomic mass is 9.65. The Morgan fingerprint density at radius 2 is 2.04 bits per heavy atom. The van der Waals surface area contributed by atoms with Gasteiger partial charge in [-0.3, -0.25) is 4.79 Å². The van der Waals surface area contributed by atoms with E-state index in [1.807, 2.05) is 24.0 Å². The number of likely N-dealkylation sites (tertiary alicyclic amines) is 1. The molecule has 1 saturated heterocycles. The number of carbonyl (C=O) groups is 1. The SMILES string of the molecule is COc1ccc2c(C)c(CC(=O)N3CC4(C)CC3CC(C)(C)C4)c(=O)oc2c1. The van der Waals surface area contributed by atoms with Gasteiger partial charge in [-0.25, -0.2) is 4.79 Å². The van der Waals surface area contributed by atoms with Crippen molar-refractivity contribution in [2.45, 2.75) is 59.4 Å². The van der Waals surface area contributed by atoms with E-state index < -0.39 is 5.63 Å². The zero-order valence-electron chi connectivity index (χ0n) is 17.4. The van der Waals surface area contributed by atoms with E-state index >= 15 is 0 Å². The normalized spacial score (nSPS) is 25.9. The summed E-state index contributed by atoms with van der Waals surface area (Å²) >= 11 is 0. The van der Waals surface area contributed by atoms with Crippen LogP contribution in [0.1, 0.15) is 51.2 Å². The summed E-state index contributed by atoms with van der Waals surface area (Å²) < 4.78 is 10.7. The van der Waals surface area contributed by atoms with E-state index in [0.717, 1.165) is 36.8 Å². The highest BCUT2D eigenvalue weighted by Gasteiger charge is 2.50.